The van der Waals surface area contributed by atoms with Crippen molar-refractivity contribution in [3.05, 3.63) is 11.3 Å². The van der Waals surface area contributed by atoms with Gasteiger partial charge in [-0.1, -0.05) is 0 Å². The van der Waals surface area contributed by atoms with E-state index < -0.39 is 15.1 Å². The zero-order valence-electron chi connectivity index (χ0n) is 9.16. The minimum atomic E-state index is -2.10. The maximum absolute atomic E-state index is 9.25. The van der Waals surface area contributed by atoms with Gasteiger partial charge in [0.15, 0.2) is 7.11 Å². The maximum atomic E-state index is 9.25. The molecule has 6 heteroatoms. The smallest absolute Gasteiger partial charge is 0.601 e. The van der Waals surface area contributed by atoms with Crippen molar-refractivity contribution in [2.45, 2.75) is 13.8 Å². The summed E-state index contributed by atoms with van der Waals surface area (Å²) in [6, 6.07) is 0. The molecule has 1 N–H and O–H groups in total. The number of esters is 1. The Balaban J connectivity index is 4.42. The number of ether oxygens (including phenoxy) is 1. The lowest BCUT2D eigenvalue weighted by molar-refractivity contribution is 0.168. The molecule has 0 unspecified atom stereocenters. The Kier molecular flexibility index (Phi) is 6.59. The highest BCUT2D eigenvalue weighted by molar-refractivity contribution is 6.36. The molecule has 0 atom stereocenters. The Morgan fingerprint density at radius 3 is 1.93 bits per heavy atom. The van der Waals surface area contributed by atoms with Crippen LogP contribution >= 0.6 is 0 Å². The fourth-order valence-electron chi connectivity index (χ4n) is 0.729. The summed E-state index contributed by atoms with van der Waals surface area (Å²) in [6.45, 7) is 3.40. The van der Waals surface area contributed by atoms with E-state index in [1.807, 2.05) is 0 Å². The van der Waals surface area contributed by atoms with Crippen molar-refractivity contribution in [2.24, 2.45) is 0 Å². The predicted octanol–water partition coefficient (Wildman–Crippen LogP) is 0.723. The molecular formula is C8H16AlO5+. The van der Waals surface area contributed by atoms with E-state index in [0.717, 1.165) is 0 Å². The van der Waals surface area contributed by atoms with Gasteiger partial charge >= 0.3 is 21.1 Å². The van der Waals surface area contributed by atoms with Crippen LogP contribution in [0.1, 0.15) is 13.8 Å². The average Bonchev–Trinajstić information content (AvgIpc) is 2.23. The standard InChI is InChI=1S/C6H10O3.2CH3O.Al/c1-4(5(2)7)6(8)9-3;2*1-2;/h7H,1-3H3;2*1H3;/q;2*-1;+3/b5-4-;;;. The summed E-state index contributed by atoms with van der Waals surface area (Å²) >= 11 is -2.10. The number of methoxy groups -OCH3 is 1. The molecule has 0 fully saturated rings. The van der Waals surface area contributed by atoms with Crippen molar-refractivity contribution >= 4 is 21.1 Å². The van der Waals surface area contributed by atoms with Crippen molar-refractivity contribution in [3.8, 4) is 0 Å². The van der Waals surface area contributed by atoms with Crippen LogP contribution in [0.15, 0.2) is 11.3 Å². The molecule has 0 heterocycles. The van der Waals surface area contributed by atoms with Crippen LogP contribution in [0.2, 0.25) is 0 Å². The molecule has 5 nitrogen and oxygen atoms in total. The van der Waals surface area contributed by atoms with Gasteiger partial charge in [-0.3, -0.25) is 0 Å². The van der Waals surface area contributed by atoms with Crippen molar-refractivity contribution in [3.63, 3.8) is 0 Å². The van der Waals surface area contributed by atoms with E-state index >= 15 is 0 Å². The molecule has 0 amide bonds. The van der Waals surface area contributed by atoms with E-state index in [1.165, 1.54) is 21.3 Å². The molecule has 0 rings (SSSR count). The summed E-state index contributed by atoms with van der Waals surface area (Å²) in [5.41, 5.74) is 0.527. The molecule has 0 aliphatic rings. The van der Waals surface area contributed by atoms with Crippen molar-refractivity contribution < 1.29 is 20.9 Å². The monoisotopic (exact) mass is 219 g/mol. The number of carbonyl (C=O) groups excluding carboxylic acids is 1. The molecule has 14 heavy (non-hydrogen) atoms. The van der Waals surface area contributed by atoms with Gasteiger partial charge in [0.25, 0.3) is 0 Å². The highest BCUT2D eigenvalue weighted by Crippen LogP contribution is 2.08. The van der Waals surface area contributed by atoms with E-state index in [9.17, 15) is 4.79 Å². The van der Waals surface area contributed by atoms with Gasteiger partial charge in [-0.15, -0.1) is 0 Å². The minimum absolute atomic E-state index is 0.164. The van der Waals surface area contributed by atoms with Gasteiger partial charge in [0.05, 0.1) is 5.76 Å². The summed E-state index contributed by atoms with van der Waals surface area (Å²) in [6.07, 6.45) is 0. The quantitative estimate of drug-likeness (QED) is 0.225. The highest BCUT2D eigenvalue weighted by Gasteiger charge is 2.33. The Morgan fingerprint density at radius 2 is 1.57 bits per heavy atom. The van der Waals surface area contributed by atoms with Crippen LogP contribution in [0.5, 0.6) is 0 Å². The fraction of sp³-hybridized carbons (Fsp3) is 0.625. The first-order valence-corrected chi connectivity index (χ1v) is 5.48. The van der Waals surface area contributed by atoms with Crippen LogP contribution in [0.25, 0.3) is 0 Å². The highest BCUT2D eigenvalue weighted by atomic mass is 27.3. The first kappa shape index (κ1) is 13.5. The third-order valence-corrected chi connectivity index (χ3v) is 3.02. The van der Waals surface area contributed by atoms with Gasteiger partial charge in [0.1, 0.15) is 5.57 Å². The van der Waals surface area contributed by atoms with Gasteiger partial charge in [-0.2, -0.15) is 0 Å². The lowest BCUT2D eigenvalue weighted by Crippen LogP contribution is -2.24. The molecule has 0 aromatic heterocycles. The average molecular weight is 219 g/mol. The number of hydrogen-bond donors (Lipinski definition) is 0. The second-order valence-electron chi connectivity index (χ2n) is 2.57. The van der Waals surface area contributed by atoms with Crippen molar-refractivity contribution in [1.29, 1.82) is 0 Å². The number of allylic oxidation sites excluding steroid dienone is 1. The predicted molar refractivity (Wildman–Crippen MR) is 53.2 cm³/mol. The second kappa shape index (κ2) is 6.85. The topological polar surface area (TPSA) is 58.3 Å². The zero-order chi connectivity index (χ0) is 11.1. The molecule has 0 aromatic carbocycles. The lowest BCUT2D eigenvalue weighted by atomic mass is 10.3. The first-order valence-electron chi connectivity index (χ1n) is 4.06. The lowest BCUT2D eigenvalue weighted by Gasteiger charge is -2.10. The maximum Gasteiger partial charge on any atom is 1.00 e. The first-order chi connectivity index (χ1) is 6.56. The Hall–Kier alpha value is -0.538. The molecular weight excluding hydrogens is 203 g/mol. The summed E-state index contributed by atoms with van der Waals surface area (Å²) in [5, 5.41) is 0. The fourth-order valence-corrected chi connectivity index (χ4v) is 1.58. The number of hydrogen-bond acceptors (Lipinski definition) is 4. The van der Waals surface area contributed by atoms with Crippen LogP contribution in [-0.4, -0.2) is 47.2 Å². The summed E-state index contributed by atoms with van der Waals surface area (Å²) in [4.78, 5) is 9.25. The second-order valence-corrected chi connectivity index (χ2v) is 4.32. The normalized spacial score (nSPS) is 11.8. The SMILES string of the molecule is COC(=[OH+])/C(C)=C(/C)[O][Al]([O]C)[O]C. The third kappa shape index (κ3) is 4.11. The summed E-state index contributed by atoms with van der Waals surface area (Å²) < 4.78 is 19.9. The van der Waals surface area contributed by atoms with E-state index in [2.05, 4.69) is 4.74 Å². The molecule has 0 radical (unpaired) electrons. The van der Waals surface area contributed by atoms with Crippen molar-refractivity contribution in [1.82, 2.24) is 0 Å². The Labute approximate surface area is 89.0 Å². The van der Waals surface area contributed by atoms with Crippen LogP contribution in [-0.2, 0) is 16.1 Å². The summed E-state index contributed by atoms with van der Waals surface area (Å²) in [5.74, 6) is 0.368. The molecule has 0 aliphatic heterocycles. The van der Waals surface area contributed by atoms with Crippen LogP contribution in [0.4, 0.5) is 0 Å². The molecule has 0 spiro atoms. The van der Waals surface area contributed by atoms with Gasteiger partial charge in [-0.05, 0) is 13.8 Å². The molecule has 0 saturated carbocycles. The van der Waals surface area contributed by atoms with E-state index in [0.29, 0.717) is 11.3 Å². The molecule has 0 saturated heterocycles. The Morgan fingerprint density at radius 1 is 1.07 bits per heavy atom. The molecule has 0 aromatic rings. The van der Waals surface area contributed by atoms with E-state index in [4.69, 9.17) is 11.4 Å². The zero-order valence-corrected chi connectivity index (χ0v) is 10.3. The van der Waals surface area contributed by atoms with Gasteiger partial charge < -0.3 is 20.9 Å². The van der Waals surface area contributed by atoms with Crippen molar-refractivity contribution in [2.75, 3.05) is 21.3 Å². The minimum Gasteiger partial charge on any atom is -0.601 e. The van der Waals surface area contributed by atoms with Gasteiger partial charge in [0, 0.05) is 14.2 Å². The molecule has 80 valence electrons. The number of rotatable bonds is 5. The van der Waals surface area contributed by atoms with Crippen LogP contribution in [0.3, 0.4) is 0 Å². The van der Waals surface area contributed by atoms with Gasteiger partial charge in [-0.25, -0.2) is 0 Å². The summed E-state index contributed by atoms with van der Waals surface area (Å²) in [7, 11) is 4.42. The van der Waals surface area contributed by atoms with Gasteiger partial charge in [0.2, 0.25) is 0 Å². The largest absolute Gasteiger partial charge is 1.00 e. The van der Waals surface area contributed by atoms with Crippen LogP contribution < -0.4 is 0 Å². The molecule has 0 aliphatic carbocycles. The molecule has 0 bridgehead atoms. The third-order valence-electron chi connectivity index (χ3n) is 1.70. The van der Waals surface area contributed by atoms with E-state index in [1.54, 1.807) is 13.8 Å². The Bertz CT molecular complexity index is 222. The van der Waals surface area contributed by atoms with Crippen LogP contribution in [0, 0.1) is 0 Å². The van der Waals surface area contributed by atoms with E-state index in [-0.39, 0.29) is 5.97 Å².